The Kier molecular flexibility index (Phi) is 6.83. The molecule has 26 heavy (non-hydrogen) atoms. The number of aliphatic carboxylic acids is 2. The van der Waals surface area contributed by atoms with Crippen LogP contribution in [0.1, 0.15) is 38.5 Å². The normalized spacial score (nSPS) is 34.8. The molecule has 10 N–H and O–H groups in total. The van der Waals surface area contributed by atoms with Gasteiger partial charge >= 0.3 is 27.1 Å². The highest BCUT2D eigenvalue weighted by Crippen LogP contribution is 2.52. The van der Waals surface area contributed by atoms with Crippen molar-refractivity contribution in [3.63, 3.8) is 0 Å². The second-order valence-electron chi connectivity index (χ2n) is 6.89. The molecule has 2 fully saturated rings. The molecular weight excluding hydrogens is 394 g/mol. The van der Waals surface area contributed by atoms with Crippen molar-refractivity contribution in [3.05, 3.63) is 0 Å². The minimum absolute atomic E-state index is 0.123. The van der Waals surface area contributed by atoms with E-state index in [9.17, 15) is 18.7 Å². The van der Waals surface area contributed by atoms with Crippen molar-refractivity contribution in [1.29, 1.82) is 0 Å². The van der Waals surface area contributed by atoms with E-state index in [2.05, 4.69) is 0 Å². The maximum atomic E-state index is 10.8. The Balaban J connectivity index is 0.000000260. The van der Waals surface area contributed by atoms with Gasteiger partial charge in [0.15, 0.2) is 0 Å². The van der Waals surface area contributed by atoms with Crippen LogP contribution in [-0.4, -0.2) is 64.1 Å². The Bertz CT molecular complexity index is 604. The van der Waals surface area contributed by atoms with E-state index in [0.717, 1.165) is 0 Å². The van der Waals surface area contributed by atoms with E-state index in [0.29, 0.717) is 0 Å². The lowest BCUT2D eigenvalue weighted by molar-refractivity contribution is -0.143. The molecule has 2 saturated carbocycles. The fourth-order valence-corrected chi connectivity index (χ4v) is 5.12. The summed E-state index contributed by atoms with van der Waals surface area (Å²) in [6, 6.07) is 0. The van der Waals surface area contributed by atoms with Crippen LogP contribution in [0.2, 0.25) is 0 Å². The molecule has 4 unspecified atom stereocenters. The molecule has 2 aliphatic carbocycles. The van der Waals surface area contributed by atoms with Crippen molar-refractivity contribution in [2.75, 3.05) is 0 Å². The molecule has 152 valence electrons. The number of nitrogens with two attached hydrogens (primary N) is 2. The van der Waals surface area contributed by atoms with Crippen LogP contribution in [0.3, 0.4) is 0 Å². The van der Waals surface area contributed by atoms with E-state index in [1.54, 1.807) is 0 Å². The van der Waals surface area contributed by atoms with Crippen LogP contribution >= 0.6 is 15.2 Å². The Morgan fingerprint density at radius 2 is 1.04 bits per heavy atom. The average Bonchev–Trinajstić information content (AvgIpc) is 3.04. The van der Waals surface area contributed by atoms with Gasteiger partial charge in [0.05, 0.1) is 11.3 Å². The van der Waals surface area contributed by atoms with Gasteiger partial charge in [-0.25, -0.2) is 0 Å². The molecule has 14 heteroatoms. The number of carboxylic acids is 2. The smallest absolute Gasteiger partial charge is 0.328 e. The molecule has 0 bridgehead atoms. The first-order chi connectivity index (χ1) is 11.5. The first-order valence-electron chi connectivity index (χ1n) is 7.66. The molecule has 0 aliphatic heterocycles. The summed E-state index contributed by atoms with van der Waals surface area (Å²) in [6.07, 6.45) is 0.301. The van der Waals surface area contributed by atoms with Gasteiger partial charge in [0, 0.05) is 0 Å². The van der Waals surface area contributed by atoms with Gasteiger partial charge in [0.2, 0.25) is 0 Å². The fraction of sp³-hybridized carbons (Fsp3) is 0.833. The highest BCUT2D eigenvalue weighted by Gasteiger charge is 2.48. The Hall–Kier alpha value is -0.840. The van der Waals surface area contributed by atoms with E-state index < -0.39 is 49.5 Å². The lowest BCUT2D eigenvalue weighted by atomic mass is 10.0. The maximum absolute atomic E-state index is 10.8. The molecule has 0 heterocycles. The molecule has 2 aliphatic rings. The van der Waals surface area contributed by atoms with Crippen LogP contribution in [-0.2, 0) is 18.7 Å². The van der Waals surface area contributed by atoms with Crippen molar-refractivity contribution in [3.8, 4) is 0 Å². The molecule has 0 aromatic rings. The molecule has 0 saturated heterocycles. The van der Waals surface area contributed by atoms with Crippen LogP contribution < -0.4 is 11.5 Å². The number of carboxylic acid groups (broad SMARTS) is 2. The third-order valence-corrected chi connectivity index (χ3v) is 7.63. The van der Waals surface area contributed by atoms with E-state index >= 15 is 0 Å². The van der Waals surface area contributed by atoms with Crippen LogP contribution in [0.5, 0.6) is 0 Å². The van der Waals surface area contributed by atoms with Crippen LogP contribution in [0, 0.1) is 0 Å². The second kappa shape index (κ2) is 7.65. The van der Waals surface area contributed by atoms with Gasteiger partial charge < -0.3 is 41.3 Å². The summed E-state index contributed by atoms with van der Waals surface area (Å²) in [7, 11) is -8.35. The van der Waals surface area contributed by atoms with Crippen molar-refractivity contribution >= 4 is 27.1 Å². The molecule has 0 spiro atoms. The zero-order valence-corrected chi connectivity index (χ0v) is 15.6. The molecule has 4 atom stereocenters. The maximum Gasteiger partial charge on any atom is 0.328 e. The van der Waals surface area contributed by atoms with Crippen molar-refractivity contribution in [1.82, 2.24) is 0 Å². The highest BCUT2D eigenvalue weighted by atomic mass is 31.2. The lowest BCUT2D eigenvalue weighted by Crippen LogP contribution is -2.45. The Morgan fingerprint density at radius 1 is 0.769 bits per heavy atom. The zero-order valence-electron chi connectivity index (χ0n) is 13.8. The first kappa shape index (κ1) is 23.2. The quantitative estimate of drug-likeness (QED) is 0.256. The fourth-order valence-electron chi connectivity index (χ4n) is 3.06. The predicted octanol–water partition coefficient (Wildman–Crippen LogP) is -1.00. The summed E-state index contributed by atoms with van der Waals surface area (Å²) in [6.45, 7) is 0. The van der Waals surface area contributed by atoms with Gasteiger partial charge in [-0.05, 0) is 38.5 Å². The molecule has 0 aromatic carbocycles. The Labute approximate surface area is 148 Å². The monoisotopic (exact) mass is 418 g/mol. The van der Waals surface area contributed by atoms with Gasteiger partial charge in [-0.1, -0.05) is 0 Å². The summed E-state index contributed by atoms with van der Waals surface area (Å²) in [5.41, 5.74) is 6.20. The summed E-state index contributed by atoms with van der Waals surface area (Å²) < 4.78 is 21.6. The highest BCUT2D eigenvalue weighted by molar-refractivity contribution is 7.52. The van der Waals surface area contributed by atoms with Gasteiger partial charge in [0.1, 0.15) is 11.1 Å². The average molecular weight is 418 g/mol. The second-order valence-corrected chi connectivity index (χ2v) is 10.7. The molecule has 0 radical (unpaired) electrons. The molecule has 0 amide bonds. The molecule has 0 aromatic heterocycles. The zero-order chi connectivity index (χ0) is 20.6. The van der Waals surface area contributed by atoms with Gasteiger partial charge in [-0.2, -0.15) is 0 Å². The standard InChI is InChI=1S/2C6H12NO5P/c2*7-6(5(8)9)2-1-4(3-6)13(10,11)12/h2*4H,1-3,7H2,(H,8,9)(H2,10,11,12). The summed E-state index contributed by atoms with van der Waals surface area (Å²) in [5.74, 6) is -2.38. The van der Waals surface area contributed by atoms with Crippen molar-refractivity contribution in [2.45, 2.75) is 60.9 Å². The van der Waals surface area contributed by atoms with Crippen LogP contribution in [0.4, 0.5) is 0 Å². The number of hydrogen-bond acceptors (Lipinski definition) is 6. The topological polar surface area (TPSA) is 242 Å². The van der Waals surface area contributed by atoms with Gasteiger partial charge in [-0.3, -0.25) is 18.7 Å². The SMILES string of the molecule is NC1(C(=O)O)CCC(P(=O)(O)O)C1.NC1(C(=O)O)CCC(P(=O)(O)O)C1. The number of hydrogen-bond donors (Lipinski definition) is 8. The van der Waals surface area contributed by atoms with Gasteiger partial charge in [0.25, 0.3) is 0 Å². The summed E-state index contributed by atoms with van der Waals surface area (Å²) in [5, 5.41) is 17.4. The van der Waals surface area contributed by atoms with E-state index in [1.807, 2.05) is 0 Å². The predicted molar refractivity (Wildman–Crippen MR) is 88.5 cm³/mol. The Morgan fingerprint density at radius 3 is 1.15 bits per heavy atom. The lowest BCUT2D eigenvalue weighted by Gasteiger charge is -2.18. The summed E-state index contributed by atoms with van der Waals surface area (Å²) >= 11 is 0. The number of carbonyl (C=O) groups is 2. The molecule has 12 nitrogen and oxygen atoms in total. The third kappa shape index (κ3) is 5.58. The largest absolute Gasteiger partial charge is 0.480 e. The molecular formula is C12H24N2O10P2. The van der Waals surface area contributed by atoms with Crippen molar-refractivity contribution < 1.29 is 48.5 Å². The van der Waals surface area contributed by atoms with Crippen molar-refractivity contribution in [2.24, 2.45) is 11.5 Å². The molecule has 2 rings (SSSR count). The first-order valence-corrected chi connectivity index (χ1v) is 11.0. The summed E-state index contributed by atoms with van der Waals surface area (Å²) in [4.78, 5) is 56.4. The van der Waals surface area contributed by atoms with Crippen LogP contribution in [0.25, 0.3) is 0 Å². The van der Waals surface area contributed by atoms with E-state index in [1.165, 1.54) is 0 Å². The minimum atomic E-state index is -4.18. The third-order valence-electron chi connectivity index (χ3n) is 4.85. The van der Waals surface area contributed by atoms with E-state index in [-0.39, 0.29) is 38.5 Å². The minimum Gasteiger partial charge on any atom is -0.480 e. The van der Waals surface area contributed by atoms with Crippen LogP contribution in [0.15, 0.2) is 0 Å². The number of rotatable bonds is 4. The van der Waals surface area contributed by atoms with E-state index in [4.69, 9.17) is 41.3 Å². The van der Waals surface area contributed by atoms with Gasteiger partial charge in [-0.15, -0.1) is 0 Å².